The van der Waals surface area contributed by atoms with Crippen molar-refractivity contribution in [3.05, 3.63) is 0 Å². The molecule has 0 radical (unpaired) electrons. The van der Waals surface area contributed by atoms with Gasteiger partial charge in [-0.1, -0.05) is 317 Å². The Hall–Kier alpha value is -1.59. The predicted molar refractivity (Wildman–Crippen MR) is 293 cm³/mol. The fraction of sp³-hybridized carbons (Fsp3) is 0.952. The summed E-state index contributed by atoms with van der Waals surface area (Å²) >= 11 is 0. The highest BCUT2D eigenvalue weighted by atomic mass is 16.6. The van der Waals surface area contributed by atoms with E-state index in [4.69, 9.17) is 14.2 Å². The van der Waals surface area contributed by atoms with E-state index in [1.807, 2.05) is 0 Å². The van der Waals surface area contributed by atoms with Crippen LogP contribution in [0.1, 0.15) is 355 Å². The summed E-state index contributed by atoms with van der Waals surface area (Å²) in [7, 11) is 0. The van der Waals surface area contributed by atoms with Crippen LogP contribution in [0.25, 0.3) is 0 Å². The number of hydrogen-bond donors (Lipinski definition) is 0. The SMILES string of the molecule is CCCCCCCCCCCCCCCCCCCCCC(=O)OC[C@@H](COC(=O)CCCCCCCCCCCCCCCCCCCCC(C)C)OC(=O)CCCCCCCCCCCC. The number of carbonyl (C=O) groups is 3. The van der Waals surface area contributed by atoms with Crippen LogP contribution in [-0.4, -0.2) is 37.2 Å². The van der Waals surface area contributed by atoms with Gasteiger partial charge >= 0.3 is 17.9 Å². The Labute approximate surface area is 425 Å². The van der Waals surface area contributed by atoms with Gasteiger partial charge in [-0.25, -0.2) is 0 Å². The summed E-state index contributed by atoms with van der Waals surface area (Å²) in [5.41, 5.74) is 0. The van der Waals surface area contributed by atoms with Crippen molar-refractivity contribution in [3.63, 3.8) is 0 Å². The zero-order chi connectivity index (χ0) is 49.5. The van der Waals surface area contributed by atoms with Crippen LogP contribution in [0.4, 0.5) is 0 Å². The zero-order valence-corrected chi connectivity index (χ0v) is 46.6. The minimum atomic E-state index is -0.761. The van der Waals surface area contributed by atoms with Crippen LogP contribution in [0, 0.1) is 5.92 Å². The number of ether oxygens (including phenoxy) is 3. The summed E-state index contributed by atoms with van der Waals surface area (Å²) in [4.78, 5) is 38.1. The van der Waals surface area contributed by atoms with E-state index in [0.717, 1.165) is 63.7 Å². The number of esters is 3. The molecule has 0 rings (SSSR count). The lowest BCUT2D eigenvalue weighted by Crippen LogP contribution is -2.30. The summed E-state index contributed by atoms with van der Waals surface area (Å²) in [5, 5.41) is 0. The van der Waals surface area contributed by atoms with E-state index in [2.05, 4.69) is 27.7 Å². The molecule has 68 heavy (non-hydrogen) atoms. The molecule has 0 aliphatic rings. The Morgan fingerprint density at radius 3 is 0.721 bits per heavy atom. The van der Waals surface area contributed by atoms with Crippen molar-refractivity contribution in [2.45, 2.75) is 361 Å². The van der Waals surface area contributed by atoms with Gasteiger partial charge in [0.2, 0.25) is 0 Å². The molecule has 0 aliphatic carbocycles. The molecule has 0 aromatic carbocycles. The van der Waals surface area contributed by atoms with E-state index in [-0.39, 0.29) is 31.1 Å². The lowest BCUT2D eigenvalue weighted by molar-refractivity contribution is -0.167. The van der Waals surface area contributed by atoms with Gasteiger partial charge in [0.1, 0.15) is 13.2 Å². The van der Waals surface area contributed by atoms with Crippen LogP contribution in [-0.2, 0) is 28.6 Å². The zero-order valence-electron chi connectivity index (χ0n) is 46.6. The van der Waals surface area contributed by atoms with Gasteiger partial charge in [-0.3, -0.25) is 14.4 Å². The fourth-order valence-electron chi connectivity index (χ4n) is 9.63. The van der Waals surface area contributed by atoms with E-state index < -0.39 is 6.10 Å². The smallest absolute Gasteiger partial charge is 0.306 e. The van der Waals surface area contributed by atoms with Gasteiger partial charge in [0.25, 0.3) is 0 Å². The molecule has 0 aromatic heterocycles. The lowest BCUT2D eigenvalue weighted by Gasteiger charge is -2.18. The number of rotatable bonds is 57. The normalized spacial score (nSPS) is 12.0. The summed E-state index contributed by atoms with van der Waals surface area (Å²) < 4.78 is 16.9. The third kappa shape index (κ3) is 55.3. The molecule has 0 bridgehead atoms. The van der Waals surface area contributed by atoms with Crippen LogP contribution in [0.3, 0.4) is 0 Å². The molecule has 0 saturated carbocycles. The average Bonchev–Trinajstić information content (AvgIpc) is 3.32. The predicted octanol–water partition coefficient (Wildman–Crippen LogP) is 20.6. The molecular weight excluding hydrogens is 841 g/mol. The minimum Gasteiger partial charge on any atom is -0.462 e. The third-order valence-corrected chi connectivity index (χ3v) is 14.3. The first kappa shape index (κ1) is 66.4. The molecule has 0 unspecified atom stereocenters. The second kappa shape index (κ2) is 56.3. The fourth-order valence-corrected chi connectivity index (χ4v) is 9.63. The first-order valence-electron chi connectivity index (χ1n) is 30.9. The Balaban J connectivity index is 4.16. The molecule has 0 N–H and O–H groups in total. The van der Waals surface area contributed by atoms with Crippen molar-refractivity contribution in [1.82, 2.24) is 0 Å². The first-order chi connectivity index (χ1) is 33.4. The van der Waals surface area contributed by atoms with Crippen LogP contribution in [0.15, 0.2) is 0 Å². The summed E-state index contributed by atoms with van der Waals surface area (Å²) in [6.45, 7) is 9.08. The van der Waals surface area contributed by atoms with Crippen LogP contribution < -0.4 is 0 Å². The molecule has 0 spiro atoms. The topological polar surface area (TPSA) is 78.9 Å². The molecular formula is C62H120O6. The second-order valence-electron chi connectivity index (χ2n) is 21.8. The molecule has 404 valence electrons. The number of carbonyl (C=O) groups excluding carboxylic acids is 3. The van der Waals surface area contributed by atoms with E-state index in [9.17, 15) is 14.4 Å². The maximum Gasteiger partial charge on any atom is 0.306 e. The monoisotopic (exact) mass is 961 g/mol. The quantitative estimate of drug-likeness (QED) is 0.0343. The summed E-state index contributed by atoms with van der Waals surface area (Å²) in [5.74, 6) is 0.0257. The van der Waals surface area contributed by atoms with Crippen molar-refractivity contribution in [2.24, 2.45) is 5.92 Å². The van der Waals surface area contributed by atoms with E-state index in [0.29, 0.717) is 19.3 Å². The highest BCUT2D eigenvalue weighted by Gasteiger charge is 2.19. The Kier molecular flexibility index (Phi) is 55.0. The van der Waals surface area contributed by atoms with Crippen molar-refractivity contribution >= 4 is 17.9 Å². The van der Waals surface area contributed by atoms with Crippen molar-refractivity contribution in [3.8, 4) is 0 Å². The van der Waals surface area contributed by atoms with Gasteiger partial charge in [0.05, 0.1) is 0 Å². The van der Waals surface area contributed by atoms with Crippen molar-refractivity contribution in [2.75, 3.05) is 13.2 Å². The van der Waals surface area contributed by atoms with E-state index >= 15 is 0 Å². The van der Waals surface area contributed by atoms with Crippen LogP contribution >= 0.6 is 0 Å². The molecule has 6 heteroatoms. The molecule has 6 nitrogen and oxygen atoms in total. The highest BCUT2D eigenvalue weighted by molar-refractivity contribution is 5.71. The van der Waals surface area contributed by atoms with Gasteiger partial charge in [0, 0.05) is 19.3 Å². The van der Waals surface area contributed by atoms with Crippen molar-refractivity contribution < 1.29 is 28.6 Å². The Bertz CT molecular complexity index is 1030. The van der Waals surface area contributed by atoms with Gasteiger partial charge in [0.15, 0.2) is 6.10 Å². The Morgan fingerprint density at radius 2 is 0.485 bits per heavy atom. The molecule has 0 fully saturated rings. The third-order valence-electron chi connectivity index (χ3n) is 14.3. The summed E-state index contributed by atoms with van der Waals surface area (Å²) in [6, 6.07) is 0. The lowest BCUT2D eigenvalue weighted by atomic mass is 10.0. The van der Waals surface area contributed by atoms with E-state index in [1.165, 1.54) is 250 Å². The maximum atomic E-state index is 12.8. The highest BCUT2D eigenvalue weighted by Crippen LogP contribution is 2.18. The molecule has 0 heterocycles. The number of hydrogen-bond acceptors (Lipinski definition) is 6. The number of unbranched alkanes of at least 4 members (excludes halogenated alkanes) is 44. The van der Waals surface area contributed by atoms with Gasteiger partial charge in [-0.15, -0.1) is 0 Å². The Morgan fingerprint density at radius 1 is 0.279 bits per heavy atom. The van der Waals surface area contributed by atoms with Gasteiger partial charge in [-0.05, 0) is 25.2 Å². The largest absolute Gasteiger partial charge is 0.462 e. The molecule has 0 aliphatic heterocycles. The molecule has 0 amide bonds. The second-order valence-corrected chi connectivity index (χ2v) is 21.8. The maximum absolute atomic E-state index is 12.8. The van der Waals surface area contributed by atoms with Gasteiger partial charge < -0.3 is 14.2 Å². The minimum absolute atomic E-state index is 0.0616. The van der Waals surface area contributed by atoms with E-state index in [1.54, 1.807) is 0 Å². The van der Waals surface area contributed by atoms with Crippen LogP contribution in [0.2, 0.25) is 0 Å². The standard InChI is InChI=1S/C62H120O6/c1-5-7-9-11-13-15-17-18-19-20-21-25-28-31-34-38-41-45-49-53-60(63)66-56-59(68-62(65)55-51-47-43-37-16-14-12-10-8-6-2)57-67-61(64)54-50-46-42-39-35-32-29-26-23-22-24-27-30-33-36-40-44-48-52-58(3)4/h58-59H,5-57H2,1-4H3/t59-/m0/s1. The molecule has 1 atom stereocenters. The first-order valence-corrected chi connectivity index (χ1v) is 30.9. The van der Waals surface area contributed by atoms with Gasteiger partial charge in [-0.2, -0.15) is 0 Å². The molecule has 0 saturated heterocycles. The molecule has 0 aromatic rings. The van der Waals surface area contributed by atoms with Crippen LogP contribution in [0.5, 0.6) is 0 Å². The summed E-state index contributed by atoms with van der Waals surface area (Å²) in [6.07, 6.45) is 62.5. The van der Waals surface area contributed by atoms with Crippen molar-refractivity contribution in [1.29, 1.82) is 0 Å². The average molecular weight is 962 g/mol.